The van der Waals surface area contributed by atoms with E-state index in [1.165, 1.54) is 36.7 Å². The second-order valence-corrected chi connectivity index (χ2v) is 6.01. The average molecular weight is 342 g/mol. The predicted molar refractivity (Wildman–Crippen MR) is 90.4 cm³/mol. The number of H-pyrrole nitrogens is 2. The van der Waals surface area contributed by atoms with Crippen molar-refractivity contribution in [2.24, 2.45) is 5.92 Å². The summed E-state index contributed by atoms with van der Waals surface area (Å²) >= 11 is 0. The molecule has 1 aliphatic rings. The molecule has 2 heterocycles. The monoisotopic (exact) mass is 342 g/mol. The molecule has 1 fully saturated rings. The summed E-state index contributed by atoms with van der Waals surface area (Å²) < 4.78 is 0. The highest BCUT2D eigenvalue weighted by Crippen LogP contribution is 2.32. The largest absolute Gasteiger partial charge is 0.350 e. The van der Waals surface area contributed by atoms with Crippen LogP contribution in [0.15, 0.2) is 46.2 Å². The topological polar surface area (TPSA) is 124 Å². The van der Waals surface area contributed by atoms with Gasteiger partial charge in [0.25, 0.3) is 11.8 Å². The lowest BCUT2D eigenvalue weighted by Gasteiger charge is -2.19. The molecule has 0 aromatic carbocycles. The Kier molecular flexibility index (Phi) is 4.78. The Morgan fingerprint density at radius 2 is 1.52 bits per heavy atom. The molecule has 0 bridgehead atoms. The smallest absolute Gasteiger partial charge is 0.253 e. The molecule has 0 saturated heterocycles. The van der Waals surface area contributed by atoms with Crippen molar-refractivity contribution in [1.29, 1.82) is 0 Å². The first kappa shape index (κ1) is 16.7. The normalized spacial score (nSPS) is 14.6. The Bertz CT molecular complexity index is 857. The highest BCUT2D eigenvalue weighted by Gasteiger charge is 2.32. The molecule has 0 radical (unpaired) electrons. The van der Waals surface area contributed by atoms with E-state index in [0.717, 1.165) is 12.8 Å². The van der Waals surface area contributed by atoms with Crippen molar-refractivity contribution in [3.63, 3.8) is 0 Å². The molecular formula is C17H18N4O4. The maximum absolute atomic E-state index is 12.3. The fourth-order valence-corrected chi connectivity index (χ4v) is 2.49. The first-order valence-corrected chi connectivity index (χ1v) is 7.99. The van der Waals surface area contributed by atoms with E-state index in [-0.39, 0.29) is 35.5 Å². The van der Waals surface area contributed by atoms with Crippen LogP contribution in [0.25, 0.3) is 0 Å². The Balaban J connectivity index is 1.60. The maximum atomic E-state index is 12.3. The van der Waals surface area contributed by atoms with Crippen LogP contribution >= 0.6 is 0 Å². The quantitative estimate of drug-likeness (QED) is 0.590. The maximum Gasteiger partial charge on any atom is 0.253 e. The standard InChI is InChI=1S/C17H18N4O4/c22-14-5-3-11(7-18-14)16(24)20-9-13(10-1-2-10)21-17(25)12-4-6-15(23)19-8-12/h3-8,10,13H,1-2,9H2,(H,18,22)(H,19,23)(H,20,24)(H,21,25)/t13-/m0/s1. The van der Waals surface area contributed by atoms with E-state index < -0.39 is 0 Å². The zero-order valence-corrected chi connectivity index (χ0v) is 13.4. The summed E-state index contributed by atoms with van der Waals surface area (Å²) in [6, 6.07) is 5.28. The number of carbonyl (C=O) groups is 2. The Hall–Kier alpha value is -3.16. The molecule has 8 heteroatoms. The molecule has 2 amide bonds. The average Bonchev–Trinajstić information content (AvgIpc) is 3.44. The molecule has 1 atom stereocenters. The summed E-state index contributed by atoms with van der Waals surface area (Å²) in [5.74, 6) is -0.297. The van der Waals surface area contributed by atoms with Gasteiger partial charge in [-0.15, -0.1) is 0 Å². The van der Waals surface area contributed by atoms with Gasteiger partial charge in [0.2, 0.25) is 11.1 Å². The SMILES string of the molecule is O=C(NC[C@H](NC(=O)c1ccc(=O)[nH]c1)C1CC1)c1ccc(=O)[nH]c1. The number of amides is 2. The number of pyridine rings is 2. The molecule has 0 spiro atoms. The van der Waals surface area contributed by atoms with Crippen molar-refractivity contribution in [2.75, 3.05) is 6.54 Å². The Morgan fingerprint density at radius 3 is 2.00 bits per heavy atom. The number of carbonyl (C=O) groups excluding carboxylic acids is 2. The third-order valence-corrected chi connectivity index (χ3v) is 4.08. The van der Waals surface area contributed by atoms with E-state index in [0.29, 0.717) is 17.0 Å². The number of aromatic amines is 2. The fourth-order valence-electron chi connectivity index (χ4n) is 2.49. The summed E-state index contributed by atoms with van der Waals surface area (Å²) in [6.07, 6.45) is 4.69. The molecule has 4 N–H and O–H groups in total. The van der Waals surface area contributed by atoms with Crippen LogP contribution in [0, 0.1) is 5.92 Å². The number of aromatic nitrogens is 2. The van der Waals surface area contributed by atoms with E-state index in [1.807, 2.05) is 0 Å². The van der Waals surface area contributed by atoms with E-state index in [2.05, 4.69) is 20.6 Å². The van der Waals surface area contributed by atoms with Gasteiger partial charge in [0, 0.05) is 37.1 Å². The second-order valence-electron chi connectivity index (χ2n) is 6.01. The first-order chi connectivity index (χ1) is 12.0. The van der Waals surface area contributed by atoms with Gasteiger partial charge in [-0.3, -0.25) is 19.2 Å². The molecule has 25 heavy (non-hydrogen) atoms. The number of nitrogens with one attached hydrogen (secondary N) is 4. The molecule has 2 aromatic rings. The van der Waals surface area contributed by atoms with Crippen LogP contribution < -0.4 is 21.8 Å². The van der Waals surface area contributed by atoms with Crippen LogP contribution in [0.3, 0.4) is 0 Å². The molecule has 1 aliphatic carbocycles. The molecular weight excluding hydrogens is 324 g/mol. The summed E-state index contributed by atoms with van der Waals surface area (Å²) in [5.41, 5.74) is 0.155. The van der Waals surface area contributed by atoms with Crippen LogP contribution in [-0.4, -0.2) is 34.4 Å². The minimum Gasteiger partial charge on any atom is -0.350 e. The van der Waals surface area contributed by atoms with Crippen LogP contribution in [0.4, 0.5) is 0 Å². The Labute approximate surface area is 142 Å². The lowest BCUT2D eigenvalue weighted by Crippen LogP contribution is -2.45. The summed E-state index contributed by atoms with van der Waals surface area (Å²) in [7, 11) is 0. The number of rotatable bonds is 6. The van der Waals surface area contributed by atoms with Gasteiger partial charge >= 0.3 is 0 Å². The summed E-state index contributed by atoms with van der Waals surface area (Å²) in [4.78, 5) is 51.4. The van der Waals surface area contributed by atoms with Crippen molar-refractivity contribution < 1.29 is 9.59 Å². The summed E-state index contributed by atoms with van der Waals surface area (Å²) in [6.45, 7) is 0.289. The van der Waals surface area contributed by atoms with Gasteiger partial charge in [0.1, 0.15) is 0 Å². The minimum absolute atomic E-state index is 0.189. The number of hydrogen-bond acceptors (Lipinski definition) is 4. The van der Waals surface area contributed by atoms with Gasteiger partial charge in [-0.2, -0.15) is 0 Å². The van der Waals surface area contributed by atoms with Crippen LogP contribution in [0.2, 0.25) is 0 Å². The van der Waals surface area contributed by atoms with E-state index >= 15 is 0 Å². The highest BCUT2D eigenvalue weighted by molar-refractivity contribution is 5.95. The van der Waals surface area contributed by atoms with Crippen molar-refractivity contribution >= 4 is 11.8 Å². The molecule has 0 aliphatic heterocycles. The minimum atomic E-state index is -0.319. The van der Waals surface area contributed by atoms with Gasteiger partial charge in [-0.25, -0.2) is 0 Å². The van der Waals surface area contributed by atoms with Gasteiger partial charge in [-0.1, -0.05) is 0 Å². The predicted octanol–water partition coefficient (Wildman–Crippen LogP) is 0.00160. The van der Waals surface area contributed by atoms with Crippen molar-refractivity contribution in [1.82, 2.24) is 20.6 Å². The lowest BCUT2D eigenvalue weighted by atomic mass is 10.1. The van der Waals surface area contributed by atoms with E-state index in [9.17, 15) is 19.2 Å². The van der Waals surface area contributed by atoms with Crippen LogP contribution in [0.5, 0.6) is 0 Å². The second kappa shape index (κ2) is 7.16. The molecule has 3 rings (SSSR count). The van der Waals surface area contributed by atoms with Crippen LogP contribution in [0.1, 0.15) is 33.6 Å². The van der Waals surface area contributed by atoms with Crippen molar-refractivity contribution in [3.8, 4) is 0 Å². The summed E-state index contributed by atoms with van der Waals surface area (Å²) in [5, 5.41) is 5.67. The van der Waals surface area contributed by atoms with Gasteiger partial charge in [0.05, 0.1) is 11.1 Å². The third-order valence-electron chi connectivity index (χ3n) is 4.08. The van der Waals surface area contributed by atoms with Crippen molar-refractivity contribution in [3.05, 3.63) is 68.5 Å². The highest BCUT2D eigenvalue weighted by atomic mass is 16.2. The first-order valence-electron chi connectivity index (χ1n) is 7.99. The zero-order chi connectivity index (χ0) is 17.8. The van der Waals surface area contributed by atoms with Crippen LogP contribution in [-0.2, 0) is 0 Å². The van der Waals surface area contributed by atoms with Gasteiger partial charge in [-0.05, 0) is 30.9 Å². The fraction of sp³-hybridized carbons (Fsp3) is 0.294. The van der Waals surface area contributed by atoms with Gasteiger partial charge < -0.3 is 20.6 Å². The third kappa shape index (κ3) is 4.43. The molecule has 2 aromatic heterocycles. The zero-order valence-electron chi connectivity index (χ0n) is 13.4. The lowest BCUT2D eigenvalue weighted by molar-refractivity contribution is 0.0903. The van der Waals surface area contributed by atoms with Crippen molar-refractivity contribution in [2.45, 2.75) is 18.9 Å². The molecule has 0 unspecified atom stereocenters. The van der Waals surface area contributed by atoms with Gasteiger partial charge in [0.15, 0.2) is 0 Å². The molecule has 130 valence electrons. The van der Waals surface area contributed by atoms with E-state index in [1.54, 1.807) is 0 Å². The number of hydrogen-bond donors (Lipinski definition) is 4. The Morgan fingerprint density at radius 1 is 0.960 bits per heavy atom. The molecule has 1 saturated carbocycles. The van der Waals surface area contributed by atoms with E-state index in [4.69, 9.17) is 0 Å². The molecule has 8 nitrogen and oxygen atoms in total.